The van der Waals surface area contributed by atoms with Gasteiger partial charge in [0, 0.05) is 6.04 Å². The highest BCUT2D eigenvalue weighted by atomic mass is 16.2. The van der Waals surface area contributed by atoms with Crippen LogP contribution in [0.4, 0.5) is 0 Å². The van der Waals surface area contributed by atoms with Crippen molar-refractivity contribution in [1.82, 2.24) is 10.2 Å². The third-order valence-electron chi connectivity index (χ3n) is 5.50. The van der Waals surface area contributed by atoms with Crippen molar-refractivity contribution in [3.8, 4) is 0 Å². The van der Waals surface area contributed by atoms with Crippen LogP contribution in [0.25, 0.3) is 0 Å². The Morgan fingerprint density at radius 3 is 2.24 bits per heavy atom. The molecule has 1 heterocycles. The zero-order valence-electron chi connectivity index (χ0n) is 14.1. The van der Waals surface area contributed by atoms with Gasteiger partial charge in [0.15, 0.2) is 0 Å². The molecular formula is C17H30N2O2. The summed E-state index contributed by atoms with van der Waals surface area (Å²) < 4.78 is 0. The number of nitrogens with one attached hydrogen (secondary N) is 1. The smallest absolute Gasteiger partial charge is 0.246 e. The number of carbonyl (C=O) groups is 2. The second-order valence-electron chi connectivity index (χ2n) is 7.24. The molecule has 2 fully saturated rings. The van der Waals surface area contributed by atoms with Gasteiger partial charge in [-0.05, 0) is 37.5 Å². The summed E-state index contributed by atoms with van der Waals surface area (Å²) in [5, 5.41) is 2.98. The summed E-state index contributed by atoms with van der Waals surface area (Å²) in [6, 6.07) is -0.482. The first kappa shape index (κ1) is 16.3. The van der Waals surface area contributed by atoms with E-state index in [1.807, 2.05) is 25.7 Å². The summed E-state index contributed by atoms with van der Waals surface area (Å²) in [7, 11) is 0. The van der Waals surface area contributed by atoms with E-state index in [-0.39, 0.29) is 41.8 Å². The molecule has 1 saturated heterocycles. The van der Waals surface area contributed by atoms with Gasteiger partial charge in [0.05, 0.1) is 0 Å². The van der Waals surface area contributed by atoms with Crippen molar-refractivity contribution >= 4 is 11.8 Å². The second kappa shape index (κ2) is 6.37. The Labute approximate surface area is 128 Å². The largest absolute Gasteiger partial charge is 0.342 e. The molecular weight excluding hydrogens is 264 g/mol. The average Bonchev–Trinajstić information content (AvgIpc) is 2.36. The number of piperazine rings is 1. The van der Waals surface area contributed by atoms with Crippen LogP contribution in [0.5, 0.6) is 0 Å². The molecule has 2 amide bonds. The molecule has 0 bridgehead atoms. The molecule has 1 saturated carbocycles. The first-order valence-electron chi connectivity index (χ1n) is 8.51. The number of rotatable bonds is 5. The zero-order chi connectivity index (χ0) is 15.7. The lowest BCUT2D eigenvalue weighted by Gasteiger charge is -2.48. The fourth-order valence-electron chi connectivity index (χ4n) is 3.57. The molecule has 2 rings (SSSR count). The average molecular weight is 294 g/mol. The minimum atomic E-state index is -0.347. The number of carbonyl (C=O) groups excluding carboxylic acids is 2. The van der Waals surface area contributed by atoms with Gasteiger partial charge in [-0.25, -0.2) is 0 Å². The van der Waals surface area contributed by atoms with Gasteiger partial charge < -0.3 is 10.2 Å². The highest BCUT2D eigenvalue weighted by Gasteiger charge is 2.47. The molecule has 0 aromatic carbocycles. The predicted molar refractivity (Wildman–Crippen MR) is 83.7 cm³/mol. The van der Waals surface area contributed by atoms with Gasteiger partial charge in [-0.1, -0.05) is 40.5 Å². The molecule has 0 aromatic heterocycles. The fourth-order valence-corrected chi connectivity index (χ4v) is 3.57. The van der Waals surface area contributed by atoms with E-state index in [1.54, 1.807) is 0 Å². The number of hydrogen-bond acceptors (Lipinski definition) is 2. The van der Waals surface area contributed by atoms with E-state index < -0.39 is 0 Å². The Balaban J connectivity index is 2.27. The Hall–Kier alpha value is -1.06. The highest BCUT2D eigenvalue weighted by molar-refractivity contribution is 5.97. The van der Waals surface area contributed by atoms with E-state index in [0.29, 0.717) is 5.92 Å². The first-order valence-corrected chi connectivity index (χ1v) is 8.51. The standard InChI is InChI=1S/C17H30N2O2/c1-6-11(4)14-17(21)19(12(5)13-8-7-9-13)15(10(2)3)16(20)18-14/h10-15H,6-9H2,1-5H3,(H,18,20). The minimum absolute atomic E-state index is 0.0288. The molecule has 1 aliphatic heterocycles. The van der Waals surface area contributed by atoms with Crippen molar-refractivity contribution in [2.75, 3.05) is 0 Å². The lowest BCUT2D eigenvalue weighted by molar-refractivity contribution is -0.157. The molecule has 4 atom stereocenters. The van der Waals surface area contributed by atoms with Crippen molar-refractivity contribution in [2.24, 2.45) is 17.8 Å². The molecule has 0 spiro atoms. The lowest BCUT2D eigenvalue weighted by atomic mass is 9.78. The molecule has 1 N–H and O–H groups in total. The van der Waals surface area contributed by atoms with Crippen LogP contribution in [0.2, 0.25) is 0 Å². The number of hydrogen-bond donors (Lipinski definition) is 1. The lowest BCUT2D eigenvalue weighted by Crippen LogP contribution is -2.69. The first-order chi connectivity index (χ1) is 9.88. The zero-order valence-corrected chi connectivity index (χ0v) is 14.1. The van der Waals surface area contributed by atoms with Crippen LogP contribution in [0.3, 0.4) is 0 Å². The topological polar surface area (TPSA) is 49.4 Å². The highest BCUT2D eigenvalue weighted by Crippen LogP contribution is 2.35. The van der Waals surface area contributed by atoms with E-state index in [1.165, 1.54) is 19.3 Å². The van der Waals surface area contributed by atoms with Crippen molar-refractivity contribution in [3.63, 3.8) is 0 Å². The summed E-state index contributed by atoms with van der Waals surface area (Å²) >= 11 is 0. The van der Waals surface area contributed by atoms with Crippen molar-refractivity contribution < 1.29 is 9.59 Å². The number of amides is 2. The van der Waals surface area contributed by atoms with Gasteiger partial charge in [0.1, 0.15) is 12.1 Å². The molecule has 4 unspecified atom stereocenters. The van der Waals surface area contributed by atoms with E-state index in [0.717, 1.165) is 6.42 Å². The normalized spacial score (nSPS) is 30.1. The summed E-state index contributed by atoms with van der Waals surface area (Å²) in [6.45, 7) is 10.3. The molecule has 120 valence electrons. The van der Waals surface area contributed by atoms with Crippen LogP contribution < -0.4 is 5.32 Å². The van der Waals surface area contributed by atoms with Crippen molar-refractivity contribution in [2.45, 2.75) is 78.4 Å². The predicted octanol–water partition coefficient (Wildman–Crippen LogP) is 2.57. The van der Waals surface area contributed by atoms with E-state index in [9.17, 15) is 9.59 Å². The van der Waals surface area contributed by atoms with E-state index in [4.69, 9.17) is 0 Å². The molecule has 4 nitrogen and oxygen atoms in total. The molecule has 4 heteroatoms. The molecule has 0 aromatic rings. The monoisotopic (exact) mass is 294 g/mol. The Kier molecular flexibility index (Phi) is 4.95. The summed E-state index contributed by atoms with van der Waals surface area (Å²) in [5.41, 5.74) is 0. The molecule has 1 aliphatic carbocycles. The minimum Gasteiger partial charge on any atom is -0.342 e. The summed E-state index contributed by atoms with van der Waals surface area (Å²) in [6.07, 6.45) is 4.52. The van der Waals surface area contributed by atoms with Crippen LogP contribution in [0, 0.1) is 17.8 Å². The third kappa shape index (κ3) is 2.95. The second-order valence-corrected chi connectivity index (χ2v) is 7.24. The molecule has 0 radical (unpaired) electrons. The van der Waals surface area contributed by atoms with Crippen molar-refractivity contribution in [3.05, 3.63) is 0 Å². The molecule has 2 aliphatic rings. The molecule has 21 heavy (non-hydrogen) atoms. The van der Waals surface area contributed by atoms with Gasteiger partial charge in [0.25, 0.3) is 0 Å². The van der Waals surface area contributed by atoms with E-state index >= 15 is 0 Å². The quantitative estimate of drug-likeness (QED) is 0.847. The van der Waals surface area contributed by atoms with Crippen LogP contribution in [-0.4, -0.2) is 34.8 Å². The summed E-state index contributed by atoms with van der Waals surface area (Å²) in [5.74, 6) is 1.06. The van der Waals surface area contributed by atoms with Crippen LogP contribution in [0.1, 0.15) is 60.3 Å². The maximum atomic E-state index is 13.0. The van der Waals surface area contributed by atoms with Gasteiger partial charge in [-0.2, -0.15) is 0 Å². The number of nitrogens with zero attached hydrogens (tertiary/aromatic N) is 1. The third-order valence-corrected chi connectivity index (χ3v) is 5.50. The van der Waals surface area contributed by atoms with E-state index in [2.05, 4.69) is 19.2 Å². The summed E-state index contributed by atoms with van der Waals surface area (Å²) in [4.78, 5) is 27.5. The van der Waals surface area contributed by atoms with Gasteiger partial charge >= 0.3 is 0 Å². The van der Waals surface area contributed by atoms with Crippen molar-refractivity contribution in [1.29, 1.82) is 0 Å². The Bertz CT molecular complexity index is 404. The fraction of sp³-hybridized carbons (Fsp3) is 0.882. The maximum Gasteiger partial charge on any atom is 0.246 e. The van der Waals surface area contributed by atoms with Gasteiger partial charge in [0.2, 0.25) is 11.8 Å². The SMILES string of the molecule is CCC(C)C1NC(=O)C(C(C)C)N(C(C)C2CCC2)C1=O. The van der Waals surface area contributed by atoms with Crippen LogP contribution in [-0.2, 0) is 9.59 Å². The Morgan fingerprint density at radius 1 is 1.19 bits per heavy atom. The van der Waals surface area contributed by atoms with Crippen LogP contribution in [0.15, 0.2) is 0 Å². The van der Waals surface area contributed by atoms with Crippen LogP contribution >= 0.6 is 0 Å². The van der Waals surface area contributed by atoms with Gasteiger partial charge in [-0.3, -0.25) is 9.59 Å². The Morgan fingerprint density at radius 2 is 1.81 bits per heavy atom. The van der Waals surface area contributed by atoms with Gasteiger partial charge in [-0.15, -0.1) is 0 Å². The maximum absolute atomic E-state index is 13.0.